The SMILES string of the molecule is CC1CN(C(=NCC2CCS(=O)(=O)C2)NC2CCCC2)CC(C)(C)C1.I. The van der Waals surface area contributed by atoms with Crippen LogP contribution in [-0.4, -0.2) is 56.5 Å². The number of guanidine groups is 1. The second-order valence-corrected chi connectivity index (χ2v) is 11.6. The number of nitrogens with one attached hydrogen (secondary N) is 1. The third kappa shape index (κ3) is 6.24. The van der Waals surface area contributed by atoms with Gasteiger partial charge in [-0.25, -0.2) is 8.42 Å². The summed E-state index contributed by atoms with van der Waals surface area (Å²) < 4.78 is 23.4. The molecule has 2 unspecified atom stereocenters. The van der Waals surface area contributed by atoms with E-state index in [0.717, 1.165) is 25.5 Å². The lowest BCUT2D eigenvalue weighted by molar-refractivity contribution is 0.128. The van der Waals surface area contributed by atoms with Gasteiger partial charge in [0.05, 0.1) is 11.5 Å². The number of piperidine rings is 1. The van der Waals surface area contributed by atoms with Crippen LogP contribution in [0.4, 0.5) is 0 Å². The number of hydrogen-bond acceptors (Lipinski definition) is 3. The minimum Gasteiger partial charge on any atom is -0.354 e. The van der Waals surface area contributed by atoms with Gasteiger partial charge in [-0.2, -0.15) is 0 Å². The zero-order valence-corrected chi connectivity index (χ0v) is 19.7. The van der Waals surface area contributed by atoms with Crippen molar-refractivity contribution in [2.24, 2.45) is 22.2 Å². The molecule has 0 aromatic rings. The molecule has 152 valence electrons. The number of halogens is 1. The number of hydrogen-bond donors (Lipinski definition) is 1. The average molecular weight is 497 g/mol. The second-order valence-electron chi connectivity index (χ2n) is 9.41. The fraction of sp³-hybridized carbons (Fsp3) is 0.947. The zero-order valence-electron chi connectivity index (χ0n) is 16.5. The number of aliphatic imine (C=N–C) groups is 1. The van der Waals surface area contributed by atoms with Crippen LogP contribution in [0, 0.1) is 17.3 Å². The molecule has 2 saturated heterocycles. The van der Waals surface area contributed by atoms with Crippen molar-refractivity contribution in [2.75, 3.05) is 31.1 Å². The minimum atomic E-state index is -2.82. The van der Waals surface area contributed by atoms with E-state index >= 15 is 0 Å². The predicted molar refractivity (Wildman–Crippen MR) is 119 cm³/mol. The van der Waals surface area contributed by atoms with Crippen molar-refractivity contribution in [3.8, 4) is 0 Å². The molecule has 0 aromatic carbocycles. The second kappa shape index (κ2) is 8.97. The first-order valence-electron chi connectivity index (χ1n) is 9.99. The Morgan fingerprint density at radius 2 is 1.92 bits per heavy atom. The van der Waals surface area contributed by atoms with E-state index in [0.29, 0.717) is 35.4 Å². The maximum atomic E-state index is 11.7. The number of rotatable bonds is 3. The number of sulfone groups is 1. The van der Waals surface area contributed by atoms with E-state index in [2.05, 4.69) is 31.0 Å². The van der Waals surface area contributed by atoms with Gasteiger partial charge in [-0.1, -0.05) is 33.6 Å². The van der Waals surface area contributed by atoms with Gasteiger partial charge in [0.15, 0.2) is 15.8 Å². The average Bonchev–Trinajstić information content (AvgIpc) is 3.10. The Kier molecular flexibility index (Phi) is 7.67. The molecule has 7 heteroatoms. The summed E-state index contributed by atoms with van der Waals surface area (Å²) >= 11 is 0. The molecule has 0 amide bonds. The highest BCUT2D eigenvalue weighted by molar-refractivity contribution is 14.0. The smallest absolute Gasteiger partial charge is 0.194 e. The molecule has 3 aliphatic rings. The van der Waals surface area contributed by atoms with Crippen LogP contribution in [-0.2, 0) is 9.84 Å². The molecule has 2 aliphatic heterocycles. The van der Waals surface area contributed by atoms with Crippen molar-refractivity contribution in [1.82, 2.24) is 10.2 Å². The topological polar surface area (TPSA) is 61.8 Å². The van der Waals surface area contributed by atoms with E-state index in [9.17, 15) is 8.42 Å². The highest BCUT2D eigenvalue weighted by Crippen LogP contribution is 2.32. The third-order valence-corrected chi connectivity index (χ3v) is 7.70. The van der Waals surface area contributed by atoms with Crippen LogP contribution in [0.15, 0.2) is 4.99 Å². The molecule has 0 bridgehead atoms. The molecule has 0 spiro atoms. The molecule has 5 nitrogen and oxygen atoms in total. The van der Waals surface area contributed by atoms with Gasteiger partial charge < -0.3 is 10.2 Å². The van der Waals surface area contributed by atoms with E-state index in [1.165, 1.54) is 32.1 Å². The Morgan fingerprint density at radius 3 is 2.50 bits per heavy atom. The Morgan fingerprint density at radius 1 is 1.23 bits per heavy atom. The van der Waals surface area contributed by atoms with E-state index < -0.39 is 9.84 Å². The van der Waals surface area contributed by atoms with Crippen molar-refractivity contribution >= 4 is 39.8 Å². The zero-order chi connectivity index (χ0) is 18.1. The summed E-state index contributed by atoms with van der Waals surface area (Å²) in [4.78, 5) is 7.35. The Bertz CT molecular complexity index is 600. The summed E-state index contributed by atoms with van der Waals surface area (Å²) in [6.07, 6.45) is 7.07. The van der Waals surface area contributed by atoms with Gasteiger partial charge in [-0.15, -0.1) is 24.0 Å². The molecule has 26 heavy (non-hydrogen) atoms. The van der Waals surface area contributed by atoms with Gasteiger partial charge in [0.25, 0.3) is 0 Å². The molecule has 0 radical (unpaired) electrons. The van der Waals surface area contributed by atoms with Crippen LogP contribution in [0.5, 0.6) is 0 Å². The molecule has 1 aliphatic carbocycles. The van der Waals surface area contributed by atoms with Gasteiger partial charge in [0, 0.05) is 25.7 Å². The summed E-state index contributed by atoms with van der Waals surface area (Å²) in [5.74, 6) is 2.53. The van der Waals surface area contributed by atoms with E-state index in [1.54, 1.807) is 0 Å². The van der Waals surface area contributed by atoms with E-state index in [4.69, 9.17) is 4.99 Å². The van der Waals surface area contributed by atoms with Crippen LogP contribution in [0.1, 0.15) is 59.3 Å². The molecule has 3 fully saturated rings. The monoisotopic (exact) mass is 497 g/mol. The number of nitrogens with zero attached hydrogens (tertiary/aromatic N) is 2. The summed E-state index contributed by atoms with van der Waals surface area (Å²) in [5.41, 5.74) is 0.298. The van der Waals surface area contributed by atoms with Gasteiger partial charge in [-0.3, -0.25) is 4.99 Å². The molecule has 0 aromatic heterocycles. The van der Waals surface area contributed by atoms with Crippen molar-refractivity contribution < 1.29 is 8.42 Å². The third-order valence-electron chi connectivity index (χ3n) is 5.87. The Balaban J connectivity index is 0.00000243. The van der Waals surface area contributed by atoms with E-state index in [1.807, 2.05) is 0 Å². The molecule has 3 rings (SSSR count). The van der Waals surface area contributed by atoms with Crippen LogP contribution < -0.4 is 5.32 Å². The maximum Gasteiger partial charge on any atom is 0.194 e. The molecule has 2 atom stereocenters. The fourth-order valence-corrected chi connectivity index (χ4v) is 6.76. The first-order valence-corrected chi connectivity index (χ1v) is 11.8. The van der Waals surface area contributed by atoms with Crippen LogP contribution >= 0.6 is 24.0 Å². The fourth-order valence-electron chi connectivity index (χ4n) is 4.91. The number of likely N-dealkylation sites (tertiary alicyclic amines) is 1. The van der Waals surface area contributed by atoms with Gasteiger partial charge in [-0.05, 0) is 42.9 Å². The van der Waals surface area contributed by atoms with Crippen molar-refractivity contribution in [3.63, 3.8) is 0 Å². The summed E-state index contributed by atoms with van der Waals surface area (Å²) in [7, 11) is -2.82. The standard InChI is InChI=1S/C19H35N3O2S.HI/c1-15-10-19(2,3)14-22(12-15)18(21-17-6-4-5-7-17)20-11-16-8-9-25(23,24)13-16;/h15-17H,4-14H2,1-3H3,(H,20,21);1H. The molecule has 1 saturated carbocycles. The van der Waals surface area contributed by atoms with Crippen LogP contribution in [0.3, 0.4) is 0 Å². The van der Waals surface area contributed by atoms with Crippen molar-refractivity contribution in [1.29, 1.82) is 0 Å². The van der Waals surface area contributed by atoms with Gasteiger partial charge in [0.1, 0.15) is 0 Å². The molecular weight excluding hydrogens is 461 g/mol. The first-order chi connectivity index (χ1) is 11.7. The lowest BCUT2D eigenvalue weighted by Gasteiger charge is -2.43. The maximum absolute atomic E-state index is 11.7. The van der Waals surface area contributed by atoms with Gasteiger partial charge >= 0.3 is 0 Å². The largest absolute Gasteiger partial charge is 0.354 e. The highest BCUT2D eigenvalue weighted by Gasteiger charge is 2.33. The van der Waals surface area contributed by atoms with Gasteiger partial charge in [0.2, 0.25) is 0 Å². The van der Waals surface area contributed by atoms with Crippen molar-refractivity contribution in [3.05, 3.63) is 0 Å². The summed E-state index contributed by atoms with van der Waals surface area (Å²) in [6, 6.07) is 0.534. The van der Waals surface area contributed by atoms with Crippen LogP contribution in [0.2, 0.25) is 0 Å². The predicted octanol–water partition coefficient (Wildman–Crippen LogP) is 3.30. The molecular formula is C19H36IN3O2S. The molecule has 1 N–H and O–H groups in total. The van der Waals surface area contributed by atoms with Crippen molar-refractivity contribution in [2.45, 2.75) is 65.3 Å². The summed E-state index contributed by atoms with van der Waals surface area (Å²) in [6.45, 7) is 9.72. The summed E-state index contributed by atoms with van der Waals surface area (Å²) in [5, 5.41) is 3.72. The Hall–Kier alpha value is -0.0500. The van der Waals surface area contributed by atoms with E-state index in [-0.39, 0.29) is 29.9 Å². The molecule has 2 heterocycles. The quantitative estimate of drug-likeness (QED) is 0.369. The highest BCUT2D eigenvalue weighted by atomic mass is 127. The first kappa shape index (κ1) is 22.2. The lowest BCUT2D eigenvalue weighted by atomic mass is 9.79. The Labute approximate surface area is 176 Å². The normalized spacial score (nSPS) is 31.7. The van der Waals surface area contributed by atoms with Crippen LogP contribution in [0.25, 0.3) is 0 Å². The minimum absolute atomic E-state index is 0. The lowest BCUT2D eigenvalue weighted by Crippen LogP contribution is -2.53.